The Hall–Kier alpha value is -1.94. The van der Waals surface area contributed by atoms with Crippen molar-refractivity contribution < 1.29 is 17.9 Å². The molecule has 1 heterocycles. The number of nitrogens with zero attached hydrogens (tertiary/aromatic N) is 1. The van der Waals surface area contributed by atoms with Crippen molar-refractivity contribution >= 4 is 27.3 Å². The third-order valence-electron chi connectivity index (χ3n) is 4.13. The van der Waals surface area contributed by atoms with E-state index in [9.17, 15) is 13.2 Å². The van der Waals surface area contributed by atoms with Crippen LogP contribution < -0.4 is 14.8 Å². The highest BCUT2D eigenvalue weighted by Crippen LogP contribution is 2.20. The predicted molar refractivity (Wildman–Crippen MR) is 111 cm³/mol. The standard InChI is InChI=1S/C19H27N3O4S2/c1-4-26-16-5-7-17(8-6-16)28(24,25)21-11-9-19(23)20-13-18(22(2)3)15-10-12-27-14-15/h5-8,10,12,14,18,21H,4,9,11,13H2,1-3H3,(H,20,23). The summed E-state index contributed by atoms with van der Waals surface area (Å²) in [6, 6.07) is 8.29. The monoisotopic (exact) mass is 425 g/mol. The molecule has 28 heavy (non-hydrogen) atoms. The smallest absolute Gasteiger partial charge is 0.240 e. The van der Waals surface area contributed by atoms with E-state index >= 15 is 0 Å². The van der Waals surface area contributed by atoms with E-state index in [0.717, 1.165) is 5.56 Å². The fourth-order valence-corrected chi connectivity index (χ4v) is 4.36. The molecule has 0 spiro atoms. The van der Waals surface area contributed by atoms with Gasteiger partial charge in [-0.15, -0.1) is 0 Å². The third kappa shape index (κ3) is 6.59. The highest BCUT2D eigenvalue weighted by molar-refractivity contribution is 7.89. The molecule has 0 aliphatic carbocycles. The van der Waals surface area contributed by atoms with Crippen molar-refractivity contribution in [3.05, 3.63) is 46.7 Å². The zero-order valence-electron chi connectivity index (χ0n) is 16.3. The molecule has 0 aliphatic rings. The molecule has 1 aromatic heterocycles. The molecular weight excluding hydrogens is 398 g/mol. The average molecular weight is 426 g/mol. The van der Waals surface area contributed by atoms with Crippen molar-refractivity contribution in [3.63, 3.8) is 0 Å². The molecule has 0 fully saturated rings. The Morgan fingerprint density at radius 3 is 2.50 bits per heavy atom. The van der Waals surface area contributed by atoms with Gasteiger partial charge in [0.15, 0.2) is 0 Å². The van der Waals surface area contributed by atoms with Gasteiger partial charge < -0.3 is 15.0 Å². The summed E-state index contributed by atoms with van der Waals surface area (Å²) in [7, 11) is 0.255. The number of benzene rings is 1. The number of carbonyl (C=O) groups is 1. The molecule has 0 saturated heterocycles. The lowest BCUT2D eigenvalue weighted by molar-refractivity contribution is -0.121. The maximum atomic E-state index is 12.3. The molecule has 1 unspecified atom stereocenters. The first kappa shape index (κ1) is 22.4. The number of thiophene rings is 1. The van der Waals surface area contributed by atoms with Gasteiger partial charge in [0.2, 0.25) is 15.9 Å². The Kier molecular flexibility index (Phi) is 8.43. The highest BCUT2D eigenvalue weighted by Gasteiger charge is 2.17. The Balaban J connectivity index is 1.80. The molecule has 2 rings (SSSR count). The topological polar surface area (TPSA) is 87.7 Å². The fraction of sp³-hybridized carbons (Fsp3) is 0.421. The van der Waals surface area contributed by atoms with Gasteiger partial charge in [-0.2, -0.15) is 11.3 Å². The minimum Gasteiger partial charge on any atom is -0.494 e. The number of carbonyl (C=O) groups excluding carboxylic acids is 1. The van der Waals surface area contributed by atoms with E-state index < -0.39 is 10.0 Å². The normalized spacial score (nSPS) is 12.7. The molecule has 0 radical (unpaired) electrons. The molecule has 2 N–H and O–H groups in total. The second-order valence-corrected chi connectivity index (χ2v) is 8.94. The van der Waals surface area contributed by atoms with E-state index in [4.69, 9.17) is 4.74 Å². The summed E-state index contributed by atoms with van der Waals surface area (Å²) in [5.41, 5.74) is 1.14. The van der Waals surface area contributed by atoms with Gasteiger partial charge in [-0.05, 0) is 67.7 Å². The van der Waals surface area contributed by atoms with Crippen LogP contribution in [0.4, 0.5) is 0 Å². The first-order valence-corrected chi connectivity index (χ1v) is 11.4. The van der Waals surface area contributed by atoms with Crippen molar-refractivity contribution in [3.8, 4) is 5.75 Å². The largest absolute Gasteiger partial charge is 0.494 e. The van der Waals surface area contributed by atoms with Gasteiger partial charge in [0.1, 0.15) is 5.75 Å². The van der Waals surface area contributed by atoms with Gasteiger partial charge in [0.25, 0.3) is 0 Å². The molecule has 1 atom stereocenters. The lowest BCUT2D eigenvalue weighted by atomic mass is 10.1. The number of hydrogen-bond donors (Lipinski definition) is 2. The van der Waals surface area contributed by atoms with Gasteiger partial charge in [-0.3, -0.25) is 4.79 Å². The number of ether oxygens (including phenoxy) is 1. The van der Waals surface area contributed by atoms with Crippen LogP contribution in [0.25, 0.3) is 0 Å². The van der Waals surface area contributed by atoms with Crippen LogP contribution in [0.3, 0.4) is 0 Å². The molecule has 154 valence electrons. The second kappa shape index (κ2) is 10.6. The number of sulfonamides is 1. The minimum absolute atomic E-state index is 0.0342. The van der Waals surface area contributed by atoms with E-state index in [1.807, 2.05) is 37.4 Å². The maximum absolute atomic E-state index is 12.3. The first-order chi connectivity index (χ1) is 13.3. The molecule has 7 nitrogen and oxygen atoms in total. The Morgan fingerprint density at radius 2 is 1.93 bits per heavy atom. The lowest BCUT2D eigenvalue weighted by Crippen LogP contribution is -2.36. The zero-order valence-corrected chi connectivity index (χ0v) is 18.0. The van der Waals surface area contributed by atoms with Crippen LogP contribution in [-0.2, 0) is 14.8 Å². The SMILES string of the molecule is CCOc1ccc(S(=O)(=O)NCCC(=O)NCC(c2ccsc2)N(C)C)cc1. The summed E-state index contributed by atoms with van der Waals surface area (Å²) in [6.45, 7) is 2.87. The molecule has 9 heteroatoms. The van der Waals surface area contributed by atoms with Gasteiger partial charge in [-0.1, -0.05) is 0 Å². The van der Waals surface area contributed by atoms with E-state index in [1.165, 1.54) is 12.1 Å². The Morgan fingerprint density at radius 1 is 1.21 bits per heavy atom. The molecule has 2 aromatic rings. The number of amides is 1. The van der Waals surface area contributed by atoms with Crippen LogP contribution in [0.1, 0.15) is 24.9 Å². The summed E-state index contributed by atoms with van der Waals surface area (Å²) < 4.78 is 32.4. The number of rotatable bonds is 11. The van der Waals surface area contributed by atoms with Gasteiger partial charge in [-0.25, -0.2) is 13.1 Å². The van der Waals surface area contributed by atoms with Crippen LogP contribution in [-0.4, -0.2) is 53.0 Å². The first-order valence-electron chi connectivity index (χ1n) is 9.01. The van der Waals surface area contributed by atoms with Crippen molar-refractivity contribution in [1.82, 2.24) is 14.9 Å². The van der Waals surface area contributed by atoms with Crippen LogP contribution >= 0.6 is 11.3 Å². The van der Waals surface area contributed by atoms with Crippen molar-refractivity contribution in [2.75, 3.05) is 33.8 Å². The predicted octanol–water partition coefficient (Wildman–Crippen LogP) is 2.23. The molecule has 0 bridgehead atoms. The number of likely N-dealkylation sites (N-methyl/N-ethyl adjacent to an activating group) is 1. The number of hydrogen-bond acceptors (Lipinski definition) is 6. The quantitative estimate of drug-likeness (QED) is 0.576. The second-order valence-electron chi connectivity index (χ2n) is 6.39. The molecular formula is C19H27N3O4S2. The van der Waals surface area contributed by atoms with Crippen LogP contribution in [0.15, 0.2) is 46.0 Å². The molecule has 0 saturated carbocycles. The summed E-state index contributed by atoms with van der Waals surface area (Å²) in [6.07, 6.45) is 0.0695. The van der Waals surface area contributed by atoms with Crippen molar-refractivity contribution in [1.29, 1.82) is 0 Å². The average Bonchev–Trinajstić information content (AvgIpc) is 3.16. The van der Waals surface area contributed by atoms with Gasteiger partial charge >= 0.3 is 0 Å². The van der Waals surface area contributed by atoms with E-state index in [-0.39, 0.29) is 29.8 Å². The summed E-state index contributed by atoms with van der Waals surface area (Å²) >= 11 is 1.61. The maximum Gasteiger partial charge on any atom is 0.240 e. The van der Waals surface area contributed by atoms with Crippen molar-refractivity contribution in [2.24, 2.45) is 0 Å². The third-order valence-corrected chi connectivity index (χ3v) is 6.31. The summed E-state index contributed by atoms with van der Waals surface area (Å²) in [5, 5.41) is 6.93. The van der Waals surface area contributed by atoms with E-state index in [2.05, 4.69) is 15.4 Å². The van der Waals surface area contributed by atoms with Crippen molar-refractivity contribution in [2.45, 2.75) is 24.3 Å². The van der Waals surface area contributed by atoms with Crippen LogP contribution in [0.2, 0.25) is 0 Å². The molecule has 1 aromatic carbocycles. The summed E-state index contributed by atoms with van der Waals surface area (Å²) in [5.74, 6) is 0.415. The molecule has 0 aliphatic heterocycles. The van der Waals surface area contributed by atoms with E-state index in [0.29, 0.717) is 18.9 Å². The Bertz CT molecular complexity index is 835. The van der Waals surface area contributed by atoms with Crippen LogP contribution in [0.5, 0.6) is 5.75 Å². The van der Waals surface area contributed by atoms with Gasteiger partial charge in [0.05, 0.1) is 17.5 Å². The summed E-state index contributed by atoms with van der Waals surface area (Å²) in [4.78, 5) is 14.3. The lowest BCUT2D eigenvalue weighted by Gasteiger charge is -2.24. The molecule has 1 amide bonds. The highest BCUT2D eigenvalue weighted by atomic mass is 32.2. The van der Waals surface area contributed by atoms with E-state index in [1.54, 1.807) is 23.5 Å². The fourth-order valence-electron chi connectivity index (χ4n) is 2.63. The zero-order chi connectivity index (χ0) is 20.6. The minimum atomic E-state index is -3.66. The van der Waals surface area contributed by atoms with Crippen LogP contribution in [0, 0.1) is 0 Å². The Labute approximate surface area is 170 Å². The number of nitrogens with one attached hydrogen (secondary N) is 2. The van der Waals surface area contributed by atoms with Gasteiger partial charge in [0, 0.05) is 19.5 Å².